The lowest BCUT2D eigenvalue weighted by Gasteiger charge is -2.27. The molecule has 100 valence electrons. The van der Waals surface area contributed by atoms with Gasteiger partial charge in [0.15, 0.2) is 0 Å². The zero-order chi connectivity index (χ0) is 13.8. The molecule has 0 bridgehead atoms. The van der Waals surface area contributed by atoms with Gasteiger partial charge in [-0.05, 0) is 40.5 Å². The lowest BCUT2D eigenvalue weighted by Crippen LogP contribution is -2.47. The van der Waals surface area contributed by atoms with Crippen LogP contribution in [0.5, 0.6) is 0 Å². The molecule has 0 heterocycles. The number of hydrogen-bond donors (Lipinski definition) is 2. The fourth-order valence-corrected chi connectivity index (χ4v) is 1.89. The van der Waals surface area contributed by atoms with E-state index in [0.717, 1.165) is 0 Å². The lowest BCUT2D eigenvalue weighted by molar-refractivity contribution is -0.144. The van der Waals surface area contributed by atoms with Gasteiger partial charge in [-0.2, -0.15) is 0 Å². The van der Waals surface area contributed by atoms with Crippen molar-refractivity contribution in [1.82, 2.24) is 5.32 Å². The molecule has 0 fully saturated rings. The molecule has 0 amide bonds. The molecule has 1 atom stereocenters. The van der Waals surface area contributed by atoms with Crippen molar-refractivity contribution < 1.29 is 19.0 Å². The van der Waals surface area contributed by atoms with Gasteiger partial charge in [-0.1, -0.05) is 6.07 Å². The average Bonchev–Trinajstić information content (AvgIpc) is 2.32. The minimum absolute atomic E-state index is 0.237. The Morgan fingerprint density at radius 2 is 2.28 bits per heavy atom. The monoisotopic (exact) mass is 319 g/mol. The summed E-state index contributed by atoms with van der Waals surface area (Å²) in [6.45, 7) is 2.31. The molecule has 0 aliphatic heterocycles. The van der Waals surface area contributed by atoms with Crippen LogP contribution >= 0.6 is 15.9 Å². The van der Waals surface area contributed by atoms with Crippen molar-refractivity contribution in [1.29, 1.82) is 0 Å². The van der Waals surface area contributed by atoms with E-state index in [1.165, 1.54) is 32.2 Å². The fourth-order valence-electron chi connectivity index (χ4n) is 1.51. The van der Waals surface area contributed by atoms with Gasteiger partial charge in [0, 0.05) is 13.7 Å². The molecule has 2 N–H and O–H groups in total. The van der Waals surface area contributed by atoms with E-state index < -0.39 is 17.3 Å². The average molecular weight is 320 g/mol. The Bertz CT molecular complexity index is 441. The van der Waals surface area contributed by atoms with E-state index in [4.69, 9.17) is 4.74 Å². The summed E-state index contributed by atoms with van der Waals surface area (Å²) in [7, 11) is 1.54. The Kier molecular flexibility index (Phi) is 5.25. The number of carboxylic acids is 1. The molecule has 0 aliphatic rings. The van der Waals surface area contributed by atoms with E-state index >= 15 is 0 Å². The molecule has 0 aromatic heterocycles. The van der Waals surface area contributed by atoms with Crippen LogP contribution in [0.4, 0.5) is 4.39 Å². The second-order valence-electron chi connectivity index (χ2n) is 3.98. The number of carbonyl (C=O) groups is 1. The first-order chi connectivity index (χ1) is 8.41. The molecule has 6 heteroatoms. The standard InChI is InChI=1S/C12H15BrFNO3/c1-12(11(16)17,15-5-6-18-2)8-3-4-10(14)9(13)7-8/h3-4,7,15H,5-6H2,1-2H3,(H,16,17). The second kappa shape index (κ2) is 6.26. The predicted molar refractivity (Wildman–Crippen MR) is 69.0 cm³/mol. The number of rotatable bonds is 6. The molecule has 0 saturated carbocycles. The van der Waals surface area contributed by atoms with E-state index in [9.17, 15) is 14.3 Å². The SMILES string of the molecule is COCCNC(C)(C(=O)O)c1ccc(F)c(Br)c1. The zero-order valence-electron chi connectivity index (χ0n) is 10.2. The van der Waals surface area contributed by atoms with Crippen molar-refractivity contribution in [2.45, 2.75) is 12.5 Å². The van der Waals surface area contributed by atoms with Crippen molar-refractivity contribution in [3.8, 4) is 0 Å². The number of nitrogens with one attached hydrogen (secondary N) is 1. The molecule has 18 heavy (non-hydrogen) atoms. The van der Waals surface area contributed by atoms with Crippen molar-refractivity contribution in [3.05, 3.63) is 34.1 Å². The number of halogens is 2. The number of methoxy groups -OCH3 is 1. The van der Waals surface area contributed by atoms with Crippen LogP contribution in [0, 0.1) is 5.82 Å². The summed E-state index contributed by atoms with van der Waals surface area (Å²) in [6, 6.07) is 4.15. The first-order valence-electron chi connectivity index (χ1n) is 5.34. The first kappa shape index (κ1) is 15.1. The van der Waals surface area contributed by atoms with Gasteiger partial charge in [0.1, 0.15) is 11.4 Å². The summed E-state index contributed by atoms with van der Waals surface area (Å²) in [5.74, 6) is -1.46. The van der Waals surface area contributed by atoms with E-state index in [0.29, 0.717) is 18.7 Å². The molecule has 0 spiro atoms. The van der Waals surface area contributed by atoms with Gasteiger partial charge < -0.3 is 9.84 Å². The summed E-state index contributed by atoms with van der Waals surface area (Å²) in [6.07, 6.45) is 0. The number of carboxylic acid groups (broad SMARTS) is 1. The second-order valence-corrected chi connectivity index (χ2v) is 4.83. The van der Waals surface area contributed by atoms with Crippen molar-refractivity contribution >= 4 is 21.9 Å². The molecule has 0 saturated heterocycles. The maximum atomic E-state index is 13.2. The minimum Gasteiger partial charge on any atom is -0.480 e. The Morgan fingerprint density at radius 1 is 1.61 bits per heavy atom. The number of aliphatic carboxylic acids is 1. The Labute approximate surface area is 113 Å². The van der Waals surface area contributed by atoms with Gasteiger partial charge >= 0.3 is 5.97 Å². The van der Waals surface area contributed by atoms with E-state index in [-0.39, 0.29) is 4.47 Å². The number of benzene rings is 1. The topological polar surface area (TPSA) is 58.6 Å². The summed E-state index contributed by atoms with van der Waals surface area (Å²) in [5, 5.41) is 12.2. The number of hydrogen-bond acceptors (Lipinski definition) is 3. The van der Waals surface area contributed by atoms with E-state index in [2.05, 4.69) is 21.2 Å². The highest BCUT2D eigenvalue weighted by Crippen LogP contribution is 2.26. The van der Waals surface area contributed by atoms with Crippen LogP contribution in [0.2, 0.25) is 0 Å². The zero-order valence-corrected chi connectivity index (χ0v) is 11.8. The van der Waals surface area contributed by atoms with Crippen LogP contribution in [0.1, 0.15) is 12.5 Å². The highest BCUT2D eigenvalue weighted by Gasteiger charge is 2.34. The smallest absolute Gasteiger partial charge is 0.328 e. The van der Waals surface area contributed by atoms with E-state index in [1.54, 1.807) is 0 Å². The molecule has 1 rings (SSSR count). The molecular formula is C12H15BrFNO3. The lowest BCUT2D eigenvalue weighted by atomic mass is 9.92. The third kappa shape index (κ3) is 3.28. The molecular weight excluding hydrogens is 305 g/mol. The summed E-state index contributed by atoms with van der Waals surface area (Å²) >= 11 is 3.05. The minimum atomic E-state index is -1.28. The summed E-state index contributed by atoms with van der Waals surface area (Å²) in [5.41, 5.74) is -0.811. The largest absolute Gasteiger partial charge is 0.480 e. The first-order valence-corrected chi connectivity index (χ1v) is 6.14. The summed E-state index contributed by atoms with van der Waals surface area (Å²) < 4.78 is 18.3. The van der Waals surface area contributed by atoms with Gasteiger partial charge in [-0.15, -0.1) is 0 Å². The molecule has 0 aliphatic carbocycles. The third-order valence-electron chi connectivity index (χ3n) is 2.71. The van der Waals surface area contributed by atoms with Crippen LogP contribution in [0.25, 0.3) is 0 Å². The van der Waals surface area contributed by atoms with Crippen LogP contribution < -0.4 is 5.32 Å². The van der Waals surface area contributed by atoms with Crippen LogP contribution in [0.3, 0.4) is 0 Å². The van der Waals surface area contributed by atoms with Crippen molar-refractivity contribution in [3.63, 3.8) is 0 Å². The predicted octanol–water partition coefficient (Wildman–Crippen LogP) is 2.12. The molecule has 4 nitrogen and oxygen atoms in total. The Morgan fingerprint density at radius 3 is 2.78 bits per heavy atom. The molecule has 0 radical (unpaired) electrons. The van der Waals surface area contributed by atoms with Gasteiger partial charge in [0.2, 0.25) is 0 Å². The summed E-state index contributed by atoms with van der Waals surface area (Å²) in [4.78, 5) is 11.4. The van der Waals surface area contributed by atoms with Gasteiger partial charge in [0.25, 0.3) is 0 Å². The highest BCUT2D eigenvalue weighted by molar-refractivity contribution is 9.10. The quantitative estimate of drug-likeness (QED) is 0.789. The fraction of sp³-hybridized carbons (Fsp3) is 0.417. The number of ether oxygens (including phenoxy) is 1. The maximum Gasteiger partial charge on any atom is 0.328 e. The van der Waals surface area contributed by atoms with Gasteiger partial charge in [0.05, 0.1) is 11.1 Å². The van der Waals surface area contributed by atoms with E-state index in [1.807, 2.05) is 0 Å². The Balaban J connectivity index is 3.02. The van der Waals surface area contributed by atoms with Crippen LogP contribution in [0.15, 0.2) is 22.7 Å². The molecule has 1 aromatic rings. The van der Waals surface area contributed by atoms with Gasteiger partial charge in [-0.25, -0.2) is 9.18 Å². The molecule has 1 unspecified atom stereocenters. The third-order valence-corrected chi connectivity index (χ3v) is 3.32. The van der Waals surface area contributed by atoms with Crippen molar-refractivity contribution in [2.75, 3.05) is 20.3 Å². The van der Waals surface area contributed by atoms with Crippen LogP contribution in [-0.2, 0) is 15.1 Å². The maximum absolute atomic E-state index is 13.2. The normalized spacial score (nSPS) is 14.2. The highest BCUT2D eigenvalue weighted by atomic mass is 79.9. The van der Waals surface area contributed by atoms with Crippen molar-refractivity contribution in [2.24, 2.45) is 0 Å². The van der Waals surface area contributed by atoms with Gasteiger partial charge in [-0.3, -0.25) is 5.32 Å². The van der Waals surface area contributed by atoms with Crippen LogP contribution in [-0.4, -0.2) is 31.3 Å². The molecule has 1 aromatic carbocycles. The Hall–Kier alpha value is -0.980.